The third-order valence-electron chi connectivity index (χ3n) is 3.37. The average Bonchev–Trinajstić information content (AvgIpc) is 2.81. The van der Waals surface area contributed by atoms with Gasteiger partial charge in [0.1, 0.15) is 11.6 Å². The molecule has 0 amide bonds. The Kier molecular flexibility index (Phi) is 5.15. The van der Waals surface area contributed by atoms with E-state index in [1.54, 1.807) is 18.3 Å². The summed E-state index contributed by atoms with van der Waals surface area (Å²) in [6.07, 6.45) is 5.28. The highest BCUT2D eigenvalue weighted by atomic mass is 35.5. The van der Waals surface area contributed by atoms with Crippen LogP contribution in [0, 0.1) is 5.82 Å². The summed E-state index contributed by atoms with van der Waals surface area (Å²) in [6.45, 7) is 2.80. The monoisotopic (exact) mass is 295 g/mol. The first-order chi connectivity index (χ1) is 9.61. The highest BCUT2D eigenvalue weighted by Crippen LogP contribution is 2.24. The van der Waals surface area contributed by atoms with E-state index >= 15 is 0 Å². The summed E-state index contributed by atoms with van der Waals surface area (Å²) >= 11 is 5.80. The van der Waals surface area contributed by atoms with Crippen LogP contribution in [0.5, 0.6) is 0 Å². The minimum atomic E-state index is -0.261. The Labute approximate surface area is 123 Å². The molecule has 3 nitrogen and oxygen atoms in total. The lowest BCUT2D eigenvalue weighted by atomic mass is 10.0. The van der Waals surface area contributed by atoms with Crippen LogP contribution >= 0.6 is 11.6 Å². The van der Waals surface area contributed by atoms with Crippen LogP contribution < -0.4 is 5.32 Å². The molecule has 1 N–H and O–H groups in total. The van der Waals surface area contributed by atoms with Gasteiger partial charge in [-0.1, -0.05) is 24.6 Å². The van der Waals surface area contributed by atoms with E-state index in [0.717, 1.165) is 25.2 Å². The molecule has 1 heterocycles. The van der Waals surface area contributed by atoms with Crippen LogP contribution in [0.1, 0.15) is 30.8 Å². The molecule has 0 fully saturated rings. The molecular formula is C15H19ClFN3. The Bertz CT molecular complexity index is 568. The van der Waals surface area contributed by atoms with Crippen molar-refractivity contribution in [1.29, 1.82) is 0 Å². The first kappa shape index (κ1) is 15.0. The van der Waals surface area contributed by atoms with E-state index in [0.29, 0.717) is 10.6 Å². The van der Waals surface area contributed by atoms with Gasteiger partial charge in [0.15, 0.2) is 0 Å². The summed E-state index contributed by atoms with van der Waals surface area (Å²) in [7, 11) is 1.97. The van der Waals surface area contributed by atoms with E-state index in [9.17, 15) is 4.39 Å². The molecule has 1 atom stereocenters. The van der Waals surface area contributed by atoms with Crippen molar-refractivity contribution in [3.63, 3.8) is 0 Å². The third-order valence-corrected chi connectivity index (χ3v) is 3.60. The standard InChI is InChI=1S/C15H19ClFN3/c1-3-18-14(6-7-15-19-8-9-20(15)2)12-5-4-11(16)10-13(12)17/h4-5,8-10,14,18H,3,6-7H2,1-2H3. The number of aromatic nitrogens is 2. The van der Waals surface area contributed by atoms with Crippen molar-refractivity contribution in [3.05, 3.63) is 52.8 Å². The molecule has 5 heteroatoms. The lowest BCUT2D eigenvalue weighted by Gasteiger charge is -2.19. The van der Waals surface area contributed by atoms with Gasteiger partial charge in [-0.25, -0.2) is 9.37 Å². The SMILES string of the molecule is CCNC(CCc1nccn1C)c1ccc(Cl)cc1F. The number of halogens is 2. The largest absolute Gasteiger partial charge is 0.338 e. The van der Waals surface area contributed by atoms with Crippen molar-refractivity contribution >= 4 is 11.6 Å². The van der Waals surface area contributed by atoms with Gasteiger partial charge >= 0.3 is 0 Å². The zero-order valence-electron chi connectivity index (χ0n) is 11.7. The summed E-state index contributed by atoms with van der Waals surface area (Å²) < 4.78 is 16.0. The molecular weight excluding hydrogens is 277 g/mol. The number of rotatable bonds is 6. The second-order valence-electron chi connectivity index (χ2n) is 4.77. The summed E-state index contributed by atoms with van der Waals surface area (Å²) in [4.78, 5) is 4.30. The maximum atomic E-state index is 14.0. The Balaban J connectivity index is 2.12. The smallest absolute Gasteiger partial charge is 0.129 e. The fourth-order valence-corrected chi connectivity index (χ4v) is 2.47. The van der Waals surface area contributed by atoms with Crippen molar-refractivity contribution in [2.24, 2.45) is 7.05 Å². The maximum absolute atomic E-state index is 14.0. The average molecular weight is 296 g/mol. The van der Waals surface area contributed by atoms with Crippen molar-refractivity contribution in [2.75, 3.05) is 6.54 Å². The minimum Gasteiger partial charge on any atom is -0.338 e. The molecule has 108 valence electrons. The van der Waals surface area contributed by atoms with Gasteiger partial charge in [-0.2, -0.15) is 0 Å². The van der Waals surface area contributed by atoms with E-state index in [1.807, 2.05) is 24.7 Å². The molecule has 0 spiro atoms. The van der Waals surface area contributed by atoms with Gasteiger partial charge in [0.25, 0.3) is 0 Å². The molecule has 0 radical (unpaired) electrons. The van der Waals surface area contributed by atoms with Gasteiger partial charge in [-0.3, -0.25) is 0 Å². The number of hydrogen-bond donors (Lipinski definition) is 1. The number of nitrogens with zero attached hydrogens (tertiary/aromatic N) is 2. The number of nitrogens with one attached hydrogen (secondary N) is 1. The van der Waals surface area contributed by atoms with E-state index in [1.165, 1.54) is 6.07 Å². The predicted octanol–water partition coefficient (Wildman–Crippen LogP) is 3.50. The van der Waals surface area contributed by atoms with Gasteiger partial charge in [-0.15, -0.1) is 0 Å². The quantitative estimate of drug-likeness (QED) is 0.884. The van der Waals surface area contributed by atoms with Crippen LogP contribution in [0.3, 0.4) is 0 Å². The van der Waals surface area contributed by atoms with Crippen molar-refractivity contribution in [1.82, 2.24) is 14.9 Å². The molecule has 1 unspecified atom stereocenters. The normalized spacial score (nSPS) is 12.6. The fraction of sp³-hybridized carbons (Fsp3) is 0.400. The first-order valence-electron chi connectivity index (χ1n) is 6.76. The van der Waals surface area contributed by atoms with Crippen LogP contribution in [0.25, 0.3) is 0 Å². The Hall–Kier alpha value is -1.39. The van der Waals surface area contributed by atoms with Crippen LogP contribution in [-0.4, -0.2) is 16.1 Å². The molecule has 2 rings (SSSR count). The zero-order valence-corrected chi connectivity index (χ0v) is 12.5. The van der Waals surface area contributed by atoms with E-state index in [-0.39, 0.29) is 11.9 Å². The molecule has 0 saturated heterocycles. The summed E-state index contributed by atoms with van der Waals surface area (Å²) in [5, 5.41) is 3.74. The lowest BCUT2D eigenvalue weighted by molar-refractivity contribution is 0.478. The topological polar surface area (TPSA) is 29.9 Å². The molecule has 20 heavy (non-hydrogen) atoms. The van der Waals surface area contributed by atoms with Crippen LogP contribution in [0.15, 0.2) is 30.6 Å². The number of benzene rings is 1. The molecule has 0 saturated carbocycles. The summed E-state index contributed by atoms with van der Waals surface area (Å²) in [5.74, 6) is 0.741. The van der Waals surface area contributed by atoms with E-state index in [4.69, 9.17) is 11.6 Å². The number of imidazole rings is 1. The molecule has 0 aliphatic heterocycles. The Morgan fingerprint density at radius 1 is 1.45 bits per heavy atom. The van der Waals surface area contributed by atoms with Crippen LogP contribution in [-0.2, 0) is 13.5 Å². The Morgan fingerprint density at radius 3 is 2.85 bits per heavy atom. The number of aryl methyl sites for hydroxylation is 2. The first-order valence-corrected chi connectivity index (χ1v) is 7.14. The third kappa shape index (κ3) is 3.58. The fourth-order valence-electron chi connectivity index (χ4n) is 2.31. The highest BCUT2D eigenvalue weighted by molar-refractivity contribution is 6.30. The minimum absolute atomic E-state index is 0.0334. The van der Waals surface area contributed by atoms with Gasteiger partial charge < -0.3 is 9.88 Å². The maximum Gasteiger partial charge on any atom is 0.129 e. The number of hydrogen-bond acceptors (Lipinski definition) is 2. The molecule has 0 aliphatic carbocycles. The molecule has 1 aromatic heterocycles. The van der Waals surface area contributed by atoms with Crippen molar-refractivity contribution in [2.45, 2.75) is 25.8 Å². The zero-order chi connectivity index (χ0) is 14.5. The van der Waals surface area contributed by atoms with Crippen LogP contribution in [0.4, 0.5) is 4.39 Å². The van der Waals surface area contributed by atoms with E-state index in [2.05, 4.69) is 10.3 Å². The van der Waals surface area contributed by atoms with E-state index < -0.39 is 0 Å². The van der Waals surface area contributed by atoms with Gasteiger partial charge in [0.05, 0.1) is 0 Å². The molecule has 0 aliphatic rings. The van der Waals surface area contributed by atoms with Gasteiger partial charge in [0.2, 0.25) is 0 Å². The summed E-state index contributed by atoms with van der Waals surface area (Å²) in [5.41, 5.74) is 0.658. The predicted molar refractivity (Wildman–Crippen MR) is 79.4 cm³/mol. The molecule has 0 bridgehead atoms. The second kappa shape index (κ2) is 6.86. The van der Waals surface area contributed by atoms with Crippen LogP contribution in [0.2, 0.25) is 5.02 Å². The second-order valence-corrected chi connectivity index (χ2v) is 5.21. The van der Waals surface area contributed by atoms with Gasteiger partial charge in [0, 0.05) is 42.5 Å². The highest BCUT2D eigenvalue weighted by Gasteiger charge is 2.16. The summed E-state index contributed by atoms with van der Waals surface area (Å²) in [6, 6.07) is 4.81. The Morgan fingerprint density at radius 2 is 2.25 bits per heavy atom. The van der Waals surface area contributed by atoms with Gasteiger partial charge in [-0.05, 0) is 25.1 Å². The lowest BCUT2D eigenvalue weighted by Crippen LogP contribution is -2.23. The van der Waals surface area contributed by atoms with Crippen molar-refractivity contribution < 1.29 is 4.39 Å². The van der Waals surface area contributed by atoms with Crippen molar-refractivity contribution in [3.8, 4) is 0 Å². The molecule has 1 aromatic carbocycles. The molecule has 2 aromatic rings.